The lowest BCUT2D eigenvalue weighted by Crippen LogP contribution is -2.06. The van der Waals surface area contributed by atoms with E-state index in [0.717, 1.165) is 6.07 Å². The van der Waals surface area contributed by atoms with Crippen molar-refractivity contribution in [3.8, 4) is 11.1 Å². The first-order chi connectivity index (χ1) is 8.82. The molecule has 0 radical (unpaired) electrons. The van der Waals surface area contributed by atoms with Gasteiger partial charge in [0.05, 0.1) is 20.6 Å². The molecule has 0 spiro atoms. The van der Waals surface area contributed by atoms with E-state index in [2.05, 4.69) is 0 Å². The normalized spacial score (nSPS) is 11.7. The molecule has 0 N–H and O–H groups in total. The monoisotopic (exact) mass is 324 g/mol. The molecule has 0 aliphatic rings. The Labute approximate surface area is 122 Å². The summed E-state index contributed by atoms with van der Waals surface area (Å²) >= 11 is 17.7. The lowest BCUT2D eigenvalue weighted by molar-refractivity contribution is -0.137. The molecule has 2 aromatic rings. The minimum atomic E-state index is -4.52. The number of hydrogen-bond acceptors (Lipinski definition) is 0. The van der Waals surface area contributed by atoms with E-state index in [4.69, 9.17) is 34.8 Å². The summed E-state index contributed by atoms with van der Waals surface area (Å²) in [5, 5.41) is 0.0391. The van der Waals surface area contributed by atoms with E-state index in [1.165, 1.54) is 12.1 Å². The van der Waals surface area contributed by atoms with Crippen LogP contribution in [-0.4, -0.2) is 0 Å². The largest absolute Gasteiger partial charge is 0.417 e. The summed E-state index contributed by atoms with van der Waals surface area (Å²) in [7, 11) is 0. The van der Waals surface area contributed by atoms with Crippen LogP contribution in [0.4, 0.5) is 13.2 Å². The van der Waals surface area contributed by atoms with E-state index in [1.54, 1.807) is 18.2 Å². The second-order valence-corrected chi connectivity index (χ2v) is 4.93. The van der Waals surface area contributed by atoms with Crippen LogP contribution < -0.4 is 0 Å². The van der Waals surface area contributed by atoms with Gasteiger partial charge in [0.2, 0.25) is 0 Å². The lowest BCUT2D eigenvalue weighted by Gasteiger charge is -2.13. The Balaban J connectivity index is 2.68. The molecule has 0 saturated carbocycles. The molecular weight excluding hydrogens is 319 g/mol. The fourth-order valence-corrected chi connectivity index (χ4v) is 2.41. The standard InChI is InChI=1S/C13H6Cl3F3/c14-10-6-2-4-8(12(10)16)7-3-1-5-9(11(7)15)13(17,18)19/h1-6H. The van der Waals surface area contributed by atoms with E-state index in [0.29, 0.717) is 5.56 Å². The topological polar surface area (TPSA) is 0 Å². The number of rotatable bonds is 1. The molecule has 0 nitrogen and oxygen atoms in total. The van der Waals surface area contributed by atoms with E-state index >= 15 is 0 Å². The summed E-state index contributed by atoms with van der Waals surface area (Å²) in [6, 6.07) is 8.38. The second-order valence-electron chi connectivity index (χ2n) is 3.77. The average Bonchev–Trinajstić information content (AvgIpc) is 2.32. The lowest BCUT2D eigenvalue weighted by atomic mass is 10.0. The second kappa shape index (κ2) is 5.23. The summed E-state index contributed by atoms with van der Waals surface area (Å²) < 4.78 is 38.3. The van der Waals surface area contributed by atoms with Gasteiger partial charge in [0.1, 0.15) is 0 Å². The predicted octanol–water partition coefficient (Wildman–Crippen LogP) is 6.33. The van der Waals surface area contributed by atoms with Crippen LogP contribution in [-0.2, 0) is 6.18 Å². The van der Waals surface area contributed by atoms with Gasteiger partial charge in [-0.3, -0.25) is 0 Å². The molecule has 2 aromatic carbocycles. The summed E-state index contributed by atoms with van der Waals surface area (Å²) in [5.74, 6) is 0. The van der Waals surface area contributed by atoms with E-state index in [1.807, 2.05) is 0 Å². The van der Waals surface area contributed by atoms with Gasteiger partial charge in [-0.05, 0) is 12.1 Å². The van der Waals surface area contributed by atoms with Gasteiger partial charge in [0.15, 0.2) is 0 Å². The molecule has 0 atom stereocenters. The predicted molar refractivity (Wildman–Crippen MR) is 71.9 cm³/mol. The average molecular weight is 326 g/mol. The van der Waals surface area contributed by atoms with E-state index in [-0.39, 0.29) is 20.6 Å². The summed E-state index contributed by atoms with van der Waals surface area (Å²) in [6.45, 7) is 0. The highest BCUT2D eigenvalue weighted by Gasteiger charge is 2.34. The third-order valence-electron chi connectivity index (χ3n) is 2.55. The number of alkyl halides is 3. The highest BCUT2D eigenvalue weighted by atomic mass is 35.5. The van der Waals surface area contributed by atoms with Crippen LogP contribution in [0.3, 0.4) is 0 Å². The Morgan fingerprint density at radius 2 is 1.26 bits per heavy atom. The van der Waals surface area contributed by atoms with Crippen molar-refractivity contribution in [2.75, 3.05) is 0 Å². The van der Waals surface area contributed by atoms with Gasteiger partial charge in [0.25, 0.3) is 0 Å². The Morgan fingerprint density at radius 1 is 0.737 bits per heavy atom. The highest BCUT2D eigenvalue weighted by molar-refractivity contribution is 6.44. The van der Waals surface area contributed by atoms with Gasteiger partial charge >= 0.3 is 6.18 Å². The molecule has 19 heavy (non-hydrogen) atoms. The zero-order chi connectivity index (χ0) is 14.2. The molecule has 2 rings (SSSR count). The fourth-order valence-electron chi connectivity index (χ4n) is 1.67. The quantitative estimate of drug-likeness (QED) is 0.574. The Hall–Kier alpha value is -0.900. The fraction of sp³-hybridized carbons (Fsp3) is 0.0769. The third-order valence-corrected chi connectivity index (χ3v) is 3.77. The van der Waals surface area contributed by atoms with Crippen LogP contribution in [0.5, 0.6) is 0 Å². The third kappa shape index (κ3) is 2.83. The molecule has 0 aliphatic carbocycles. The SMILES string of the molecule is FC(F)(F)c1cccc(-c2cccc(Cl)c2Cl)c1Cl. The molecule has 0 amide bonds. The number of hydrogen-bond donors (Lipinski definition) is 0. The van der Waals surface area contributed by atoms with Gasteiger partial charge in [-0.1, -0.05) is 59.1 Å². The zero-order valence-electron chi connectivity index (χ0n) is 9.23. The summed E-state index contributed by atoms with van der Waals surface area (Å²) in [5.41, 5.74) is -0.336. The molecule has 0 heterocycles. The van der Waals surface area contributed by atoms with Crippen LogP contribution in [0.15, 0.2) is 36.4 Å². The Bertz CT molecular complexity index is 621. The first-order valence-corrected chi connectivity index (χ1v) is 6.26. The van der Waals surface area contributed by atoms with Gasteiger partial charge in [0, 0.05) is 11.1 Å². The zero-order valence-corrected chi connectivity index (χ0v) is 11.5. The minimum absolute atomic E-state index is 0.172. The van der Waals surface area contributed by atoms with Crippen molar-refractivity contribution in [2.24, 2.45) is 0 Å². The minimum Gasteiger partial charge on any atom is -0.166 e. The summed E-state index contributed by atoms with van der Waals surface area (Å²) in [6.07, 6.45) is -4.52. The van der Waals surface area contributed by atoms with Crippen molar-refractivity contribution in [1.29, 1.82) is 0 Å². The number of halogens is 6. The van der Waals surface area contributed by atoms with Crippen molar-refractivity contribution in [2.45, 2.75) is 6.18 Å². The smallest absolute Gasteiger partial charge is 0.166 e. The van der Waals surface area contributed by atoms with Gasteiger partial charge in [-0.2, -0.15) is 13.2 Å². The van der Waals surface area contributed by atoms with Crippen molar-refractivity contribution < 1.29 is 13.2 Å². The molecule has 100 valence electrons. The maximum atomic E-state index is 12.8. The van der Waals surface area contributed by atoms with Crippen LogP contribution >= 0.6 is 34.8 Å². The molecule has 0 unspecified atom stereocenters. The van der Waals surface area contributed by atoms with Crippen LogP contribution in [0.25, 0.3) is 11.1 Å². The van der Waals surface area contributed by atoms with E-state index in [9.17, 15) is 13.2 Å². The van der Waals surface area contributed by atoms with Crippen LogP contribution in [0, 0.1) is 0 Å². The Kier molecular flexibility index (Phi) is 4.00. The first-order valence-electron chi connectivity index (χ1n) is 5.12. The maximum Gasteiger partial charge on any atom is 0.417 e. The Morgan fingerprint density at radius 3 is 1.84 bits per heavy atom. The van der Waals surface area contributed by atoms with Gasteiger partial charge in [-0.15, -0.1) is 0 Å². The molecule has 0 aliphatic heterocycles. The van der Waals surface area contributed by atoms with Crippen molar-refractivity contribution >= 4 is 34.8 Å². The van der Waals surface area contributed by atoms with Crippen LogP contribution in [0.2, 0.25) is 15.1 Å². The van der Waals surface area contributed by atoms with Crippen molar-refractivity contribution in [1.82, 2.24) is 0 Å². The molecule has 0 aromatic heterocycles. The maximum absolute atomic E-state index is 12.8. The number of benzene rings is 2. The van der Waals surface area contributed by atoms with Crippen molar-refractivity contribution in [3.05, 3.63) is 57.0 Å². The molecule has 6 heteroatoms. The van der Waals surface area contributed by atoms with Gasteiger partial charge in [-0.25, -0.2) is 0 Å². The van der Waals surface area contributed by atoms with Gasteiger partial charge < -0.3 is 0 Å². The van der Waals surface area contributed by atoms with Crippen LogP contribution in [0.1, 0.15) is 5.56 Å². The molecular formula is C13H6Cl3F3. The van der Waals surface area contributed by atoms with Crippen molar-refractivity contribution in [3.63, 3.8) is 0 Å². The molecule has 0 bridgehead atoms. The first kappa shape index (κ1) is 14.5. The molecule has 0 fully saturated rings. The highest BCUT2D eigenvalue weighted by Crippen LogP contribution is 2.42. The summed E-state index contributed by atoms with van der Waals surface area (Å²) in [4.78, 5) is 0. The van der Waals surface area contributed by atoms with E-state index < -0.39 is 11.7 Å². The molecule has 0 saturated heterocycles.